The second-order valence-corrected chi connectivity index (χ2v) is 6.56. The van der Waals surface area contributed by atoms with Gasteiger partial charge in [-0.15, -0.1) is 0 Å². The normalized spacial score (nSPS) is 18.6. The molecule has 0 saturated carbocycles. The number of aliphatic hydroxyl groups excluding tert-OH is 1. The molecule has 22 heavy (non-hydrogen) atoms. The summed E-state index contributed by atoms with van der Waals surface area (Å²) in [5.74, 6) is 0.778. The molecular weight excluding hydrogens is 276 g/mol. The van der Waals surface area contributed by atoms with E-state index in [-0.39, 0.29) is 0 Å². The maximum absolute atomic E-state index is 10.5. The van der Waals surface area contributed by atoms with Gasteiger partial charge >= 0.3 is 0 Å². The van der Waals surface area contributed by atoms with Crippen molar-refractivity contribution in [3.63, 3.8) is 0 Å². The molecule has 2 rings (SSSR count). The van der Waals surface area contributed by atoms with Crippen LogP contribution in [0.5, 0.6) is 5.75 Å². The van der Waals surface area contributed by atoms with Gasteiger partial charge in [-0.25, -0.2) is 0 Å². The summed E-state index contributed by atoms with van der Waals surface area (Å²) in [5.41, 5.74) is 2.05. The number of methoxy groups -OCH3 is 1. The molecule has 0 aliphatic carbocycles. The molecule has 0 spiro atoms. The van der Waals surface area contributed by atoms with Gasteiger partial charge in [-0.2, -0.15) is 0 Å². The number of rotatable bonds is 6. The maximum atomic E-state index is 10.5. The molecule has 1 atom stereocenters. The topological polar surface area (TPSA) is 35.9 Å². The maximum Gasteiger partial charge on any atom is 0.124 e. The van der Waals surface area contributed by atoms with Crippen LogP contribution in [0.15, 0.2) is 18.2 Å². The highest BCUT2D eigenvalue weighted by atomic mass is 16.5. The quantitative estimate of drug-likeness (QED) is 0.876. The number of piperidine rings is 1. The number of hydrogen-bond acceptors (Lipinski definition) is 4. The van der Waals surface area contributed by atoms with E-state index in [9.17, 15) is 5.11 Å². The van der Waals surface area contributed by atoms with Crippen LogP contribution in [0.1, 0.15) is 36.5 Å². The Morgan fingerprint density at radius 2 is 2.05 bits per heavy atom. The van der Waals surface area contributed by atoms with Crippen LogP contribution in [0.2, 0.25) is 0 Å². The number of aryl methyl sites for hydroxylation is 1. The Bertz CT molecular complexity index is 470. The van der Waals surface area contributed by atoms with E-state index < -0.39 is 6.10 Å². The minimum Gasteiger partial charge on any atom is -0.496 e. The Morgan fingerprint density at radius 1 is 1.36 bits per heavy atom. The van der Waals surface area contributed by atoms with Crippen LogP contribution in [0.4, 0.5) is 0 Å². The van der Waals surface area contributed by atoms with E-state index in [1.54, 1.807) is 7.11 Å². The Hall–Kier alpha value is -1.10. The van der Waals surface area contributed by atoms with E-state index >= 15 is 0 Å². The second-order valence-electron chi connectivity index (χ2n) is 6.56. The lowest BCUT2D eigenvalue weighted by atomic mass is 10.0. The zero-order valence-electron chi connectivity index (χ0n) is 14.4. The Labute approximate surface area is 134 Å². The van der Waals surface area contributed by atoms with E-state index in [0.29, 0.717) is 6.04 Å². The molecule has 1 aromatic carbocycles. The molecule has 4 heteroatoms. The molecule has 0 radical (unpaired) electrons. The molecule has 0 bridgehead atoms. The van der Waals surface area contributed by atoms with E-state index in [0.717, 1.165) is 29.8 Å². The van der Waals surface area contributed by atoms with Gasteiger partial charge in [0, 0.05) is 18.2 Å². The minimum atomic E-state index is -0.469. The highest BCUT2D eigenvalue weighted by molar-refractivity contribution is 5.38. The molecule has 1 aliphatic heterocycles. The van der Waals surface area contributed by atoms with Crippen molar-refractivity contribution in [3.8, 4) is 5.75 Å². The number of hydrogen-bond donors (Lipinski definition) is 1. The van der Waals surface area contributed by atoms with Crippen LogP contribution in [0.3, 0.4) is 0 Å². The van der Waals surface area contributed by atoms with Crippen molar-refractivity contribution < 1.29 is 9.84 Å². The van der Waals surface area contributed by atoms with Gasteiger partial charge in [0.05, 0.1) is 13.2 Å². The van der Waals surface area contributed by atoms with Crippen molar-refractivity contribution in [2.45, 2.75) is 38.3 Å². The molecule has 1 saturated heterocycles. The summed E-state index contributed by atoms with van der Waals surface area (Å²) in [7, 11) is 6.02. The molecule has 4 nitrogen and oxygen atoms in total. The lowest BCUT2D eigenvalue weighted by Crippen LogP contribution is -2.42. The standard InChI is InChI=1S/C18H30N2O2/c1-14-5-6-18(22-4)16(13-14)17(21)9-12-20(3)15-7-10-19(2)11-8-15/h5-6,13,15,17,21H,7-12H2,1-4H3. The summed E-state index contributed by atoms with van der Waals surface area (Å²) in [6.07, 6.45) is 2.71. The fourth-order valence-corrected chi connectivity index (χ4v) is 3.21. The highest BCUT2D eigenvalue weighted by Crippen LogP contribution is 2.28. The number of benzene rings is 1. The van der Waals surface area contributed by atoms with Gasteiger partial charge in [0.25, 0.3) is 0 Å². The van der Waals surface area contributed by atoms with Crippen molar-refractivity contribution >= 4 is 0 Å². The Morgan fingerprint density at radius 3 is 2.68 bits per heavy atom. The molecule has 1 N–H and O–H groups in total. The van der Waals surface area contributed by atoms with Crippen molar-refractivity contribution in [1.29, 1.82) is 0 Å². The fraction of sp³-hybridized carbons (Fsp3) is 0.667. The zero-order chi connectivity index (χ0) is 16.1. The Kier molecular flexibility index (Phi) is 6.24. The largest absolute Gasteiger partial charge is 0.496 e. The molecule has 1 aliphatic rings. The summed E-state index contributed by atoms with van der Waals surface area (Å²) in [5, 5.41) is 10.5. The first kappa shape index (κ1) is 17.3. The van der Waals surface area contributed by atoms with Gasteiger partial charge in [0.1, 0.15) is 5.75 Å². The van der Waals surface area contributed by atoms with E-state index in [2.05, 4.69) is 23.9 Å². The van der Waals surface area contributed by atoms with Gasteiger partial charge in [0.2, 0.25) is 0 Å². The lowest BCUT2D eigenvalue weighted by molar-refractivity contribution is 0.108. The molecular formula is C18H30N2O2. The van der Waals surface area contributed by atoms with E-state index in [1.165, 1.54) is 25.9 Å². The van der Waals surface area contributed by atoms with Crippen molar-refractivity contribution in [2.75, 3.05) is 40.8 Å². The number of ether oxygens (including phenoxy) is 1. The summed E-state index contributed by atoms with van der Waals surface area (Å²) >= 11 is 0. The van der Waals surface area contributed by atoms with Gasteiger partial charge < -0.3 is 19.6 Å². The molecule has 0 aromatic heterocycles. The van der Waals surface area contributed by atoms with E-state index in [4.69, 9.17) is 4.74 Å². The summed E-state index contributed by atoms with van der Waals surface area (Å²) < 4.78 is 5.38. The summed E-state index contributed by atoms with van der Waals surface area (Å²) in [4.78, 5) is 4.79. The summed E-state index contributed by atoms with van der Waals surface area (Å²) in [6.45, 7) is 5.29. The van der Waals surface area contributed by atoms with E-state index in [1.807, 2.05) is 25.1 Å². The average molecular weight is 306 g/mol. The predicted molar refractivity (Wildman–Crippen MR) is 90.5 cm³/mol. The monoisotopic (exact) mass is 306 g/mol. The number of likely N-dealkylation sites (tertiary alicyclic amines) is 1. The van der Waals surface area contributed by atoms with Crippen molar-refractivity contribution in [3.05, 3.63) is 29.3 Å². The first-order valence-corrected chi connectivity index (χ1v) is 8.22. The third-order valence-electron chi connectivity index (χ3n) is 4.81. The molecule has 1 heterocycles. The van der Waals surface area contributed by atoms with Gasteiger partial charge in [0.15, 0.2) is 0 Å². The predicted octanol–water partition coefficient (Wildman–Crippen LogP) is 2.45. The van der Waals surface area contributed by atoms with Crippen LogP contribution in [0, 0.1) is 6.92 Å². The minimum absolute atomic E-state index is 0.469. The first-order chi connectivity index (χ1) is 10.5. The fourth-order valence-electron chi connectivity index (χ4n) is 3.21. The zero-order valence-corrected chi connectivity index (χ0v) is 14.4. The SMILES string of the molecule is COc1ccc(C)cc1C(O)CCN(C)C1CCN(C)CC1. The third kappa shape index (κ3) is 4.45. The highest BCUT2D eigenvalue weighted by Gasteiger charge is 2.21. The van der Waals surface area contributed by atoms with Crippen molar-refractivity contribution in [2.24, 2.45) is 0 Å². The van der Waals surface area contributed by atoms with Crippen LogP contribution < -0.4 is 4.74 Å². The van der Waals surface area contributed by atoms with Gasteiger partial charge in [-0.1, -0.05) is 11.6 Å². The van der Waals surface area contributed by atoms with Gasteiger partial charge in [-0.3, -0.25) is 0 Å². The molecule has 1 unspecified atom stereocenters. The molecule has 1 aromatic rings. The average Bonchev–Trinajstić information content (AvgIpc) is 2.53. The van der Waals surface area contributed by atoms with Crippen molar-refractivity contribution in [1.82, 2.24) is 9.80 Å². The third-order valence-corrected chi connectivity index (χ3v) is 4.81. The van der Waals surface area contributed by atoms with Crippen LogP contribution in [0.25, 0.3) is 0 Å². The summed E-state index contributed by atoms with van der Waals surface area (Å²) in [6, 6.07) is 6.62. The molecule has 124 valence electrons. The Balaban J connectivity index is 1.89. The van der Waals surface area contributed by atoms with Crippen LogP contribution in [-0.4, -0.2) is 61.8 Å². The second kappa shape index (κ2) is 7.95. The smallest absolute Gasteiger partial charge is 0.124 e. The first-order valence-electron chi connectivity index (χ1n) is 8.22. The number of aliphatic hydroxyl groups is 1. The molecule has 0 amide bonds. The molecule has 1 fully saturated rings. The van der Waals surface area contributed by atoms with Crippen LogP contribution >= 0.6 is 0 Å². The van der Waals surface area contributed by atoms with Crippen LogP contribution in [-0.2, 0) is 0 Å². The lowest BCUT2D eigenvalue weighted by Gasteiger charge is -2.35. The number of nitrogens with zero attached hydrogens (tertiary/aromatic N) is 2. The van der Waals surface area contributed by atoms with Gasteiger partial charge in [-0.05, 0) is 65.5 Å².